The number of carbonyl (C=O) groups is 2. The molecule has 6 nitrogen and oxygen atoms in total. The molecule has 0 aromatic heterocycles. The van der Waals surface area contributed by atoms with Gasteiger partial charge in [0.2, 0.25) is 11.8 Å². The maximum absolute atomic E-state index is 13.1. The molecule has 3 rings (SSSR count). The average molecular weight is 522 g/mol. The van der Waals surface area contributed by atoms with Gasteiger partial charge in [-0.05, 0) is 55.8 Å². The number of amidine groups is 1. The van der Waals surface area contributed by atoms with Crippen molar-refractivity contribution in [2.24, 2.45) is 4.99 Å². The van der Waals surface area contributed by atoms with Crippen molar-refractivity contribution in [2.45, 2.75) is 51.2 Å². The predicted molar refractivity (Wildman–Crippen MR) is 143 cm³/mol. The van der Waals surface area contributed by atoms with Crippen LogP contribution >= 0.6 is 35.0 Å². The summed E-state index contributed by atoms with van der Waals surface area (Å²) in [5.74, 6) is 0.234. The molecule has 0 saturated carbocycles. The lowest BCUT2D eigenvalue weighted by Crippen LogP contribution is -2.31. The van der Waals surface area contributed by atoms with Gasteiger partial charge in [0.05, 0.1) is 22.3 Å². The molecule has 2 aromatic rings. The van der Waals surface area contributed by atoms with Crippen molar-refractivity contribution < 1.29 is 14.3 Å². The summed E-state index contributed by atoms with van der Waals surface area (Å²) in [6.07, 6.45) is 4.64. The van der Waals surface area contributed by atoms with Crippen molar-refractivity contribution in [3.8, 4) is 5.75 Å². The highest BCUT2D eigenvalue weighted by molar-refractivity contribution is 8.15. The van der Waals surface area contributed by atoms with Crippen LogP contribution in [0.2, 0.25) is 10.0 Å². The molecule has 0 radical (unpaired) electrons. The van der Waals surface area contributed by atoms with Crippen LogP contribution in [-0.4, -0.2) is 35.4 Å². The first-order chi connectivity index (χ1) is 16.4. The highest BCUT2D eigenvalue weighted by Crippen LogP contribution is 2.32. The number of anilines is 2. The fourth-order valence-corrected chi connectivity index (χ4v) is 4.84. The quantitative estimate of drug-likeness (QED) is 0.161. The molecule has 1 N–H and O–H groups in total. The molecule has 34 heavy (non-hydrogen) atoms. The van der Waals surface area contributed by atoms with Gasteiger partial charge in [0, 0.05) is 18.7 Å². The molecule has 0 spiro atoms. The van der Waals surface area contributed by atoms with Crippen molar-refractivity contribution >= 4 is 63.3 Å². The third-order valence-electron chi connectivity index (χ3n) is 5.19. The van der Waals surface area contributed by atoms with Gasteiger partial charge in [-0.2, -0.15) is 0 Å². The summed E-state index contributed by atoms with van der Waals surface area (Å²) in [6.45, 7) is 5.26. The zero-order valence-electron chi connectivity index (χ0n) is 19.4. The lowest BCUT2D eigenvalue weighted by Gasteiger charge is -2.16. The monoisotopic (exact) mass is 521 g/mol. The van der Waals surface area contributed by atoms with E-state index in [2.05, 4.69) is 17.2 Å². The van der Waals surface area contributed by atoms with E-state index in [1.54, 1.807) is 42.5 Å². The number of unbranched alkanes of at least 4 members (excludes halogenated alkanes) is 3. The van der Waals surface area contributed by atoms with Gasteiger partial charge in [-0.1, -0.05) is 61.1 Å². The number of thioether (sulfide) groups is 1. The summed E-state index contributed by atoms with van der Waals surface area (Å²) in [4.78, 5) is 31.5. The highest BCUT2D eigenvalue weighted by Gasteiger charge is 2.40. The summed E-state index contributed by atoms with van der Waals surface area (Å²) in [5, 5.41) is 4.02. The summed E-state index contributed by atoms with van der Waals surface area (Å²) in [6, 6.07) is 12.2. The first kappa shape index (κ1) is 26.4. The number of amides is 2. The second-order valence-electron chi connectivity index (χ2n) is 7.81. The Kier molecular flexibility index (Phi) is 10.1. The lowest BCUT2D eigenvalue weighted by molar-refractivity contribution is -0.121. The highest BCUT2D eigenvalue weighted by atomic mass is 35.5. The van der Waals surface area contributed by atoms with Crippen LogP contribution in [0.5, 0.6) is 5.75 Å². The molecule has 2 aromatic carbocycles. The Balaban J connectivity index is 1.62. The number of hydrogen-bond acceptors (Lipinski definition) is 5. The maximum Gasteiger partial charge on any atom is 0.247 e. The number of nitrogens with one attached hydrogen (secondary N) is 1. The molecule has 0 bridgehead atoms. The molecule has 1 atom stereocenters. The van der Waals surface area contributed by atoms with Crippen LogP contribution in [-0.2, 0) is 9.59 Å². The molecule has 1 saturated heterocycles. The second-order valence-corrected chi connectivity index (χ2v) is 9.82. The Morgan fingerprint density at radius 3 is 2.53 bits per heavy atom. The van der Waals surface area contributed by atoms with E-state index >= 15 is 0 Å². The van der Waals surface area contributed by atoms with E-state index in [1.165, 1.54) is 29.5 Å². The van der Waals surface area contributed by atoms with Crippen LogP contribution in [0.1, 0.15) is 46.0 Å². The van der Waals surface area contributed by atoms with E-state index in [-0.39, 0.29) is 18.2 Å². The molecule has 9 heteroatoms. The van der Waals surface area contributed by atoms with E-state index < -0.39 is 5.25 Å². The van der Waals surface area contributed by atoms with Gasteiger partial charge >= 0.3 is 0 Å². The number of ether oxygens (including phenoxy) is 1. The first-order valence-corrected chi connectivity index (χ1v) is 13.1. The minimum absolute atomic E-state index is 0.102. The van der Waals surface area contributed by atoms with E-state index in [1.807, 2.05) is 6.92 Å². The fourth-order valence-electron chi connectivity index (χ4n) is 3.46. The summed E-state index contributed by atoms with van der Waals surface area (Å²) in [5.41, 5.74) is 1.25. The number of hydrogen-bond donors (Lipinski definition) is 1. The van der Waals surface area contributed by atoms with E-state index in [4.69, 9.17) is 27.9 Å². The van der Waals surface area contributed by atoms with Crippen molar-refractivity contribution in [3.63, 3.8) is 0 Å². The van der Waals surface area contributed by atoms with Crippen LogP contribution in [0.15, 0.2) is 47.5 Å². The van der Waals surface area contributed by atoms with Crippen molar-refractivity contribution in [1.29, 1.82) is 0 Å². The third-order valence-corrected chi connectivity index (χ3v) is 7.04. The Morgan fingerprint density at radius 1 is 1.09 bits per heavy atom. The molecule has 182 valence electrons. The second kappa shape index (κ2) is 13.0. The largest absolute Gasteiger partial charge is 0.494 e. The Morgan fingerprint density at radius 2 is 1.85 bits per heavy atom. The Labute approximate surface area is 215 Å². The van der Waals surface area contributed by atoms with Gasteiger partial charge in [-0.25, -0.2) is 4.90 Å². The van der Waals surface area contributed by atoms with Crippen LogP contribution in [0, 0.1) is 0 Å². The lowest BCUT2D eigenvalue weighted by atomic mass is 10.2. The molecule has 1 fully saturated rings. The number of rotatable bonds is 10. The zero-order chi connectivity index (χ0) is 24.5. The molecule has 1 aliphatic rings. The topological polar surface area (TPSA) is 71.0 Å². The van der Waals surface area contributed by atoms with E-state index in [0.29, 0.717) is 39.7 Å². The number of benzene rings is 2. The fraction of sp³-hybridized carbons (Fsp3) is 0.400. The number of halogens is 2. The van der Waals surface area contributed by atoms with Gasteiger partial charge in [0.1, 0.15) is 11.0 Å². The minimum atomic E-state index is -0.567. The molecule has 0 aliphatic carbocycles. The van der Waals surface area contributed by atoms with Crippen molar-refractivity contribution in [3.05, 3.63) is 52.5 Å². The van der Waals surface area contributed by atoms with Crippen molar-refractivity contribution in [2.75, 3.05) is 23.4 Å². The summed E-state index contributed by atoms with van der Waals surface area (Å²) < 4.78 is 5.76. The average Bonchev–Trinajstić information content (AvgIpc) is 3.09. The molecular formula is C25H29Cl2N3O3S. The smallest absolute Gasteiger partial charge is 0.247 e. The third kappa shape index (κ3) is 7.14. The standard InChI is InChI=1S/C25H29Cl2N3O3S/c1-3-5-6-7-14-33-19-11-9-18(10-12-19)30-23(31)16-22(24(30)32)34-25(28-4-2)29-17-8-13-20(26)21(27)15-17/h8-13,15,22H,3-7,14,16H2,1-2H3,(H,28,29). The van der Waals surface area contributed by atoms with Gasteiger partial charge in [0.15, 0.2) is 5.17 Å². The minimum Gasteiger partial charge on any atom is -0.494 e. The maximum atomic E-state index is 13.1. The number of nitrogens with zero attached hydrogens (tertiary/aromatic N) is 2. The van der Waals surface area contributed by atoms with Gasteiger partial charge in [-0.15, -0.1) is 0 Å². The predicted octanol–water partition coefficient (Wildman–Crippen LogP) is 6.81. The summed E-state index contributed by atoms with van der Waals surface area (Å²) in [7, 11) is 0. The van der Waals surface area contributed by atoms with Crippen LogP contribution in [0.3, 0.4) is 0 Å². The van der Waals surface area contributed by atoms with E-state index in [0.717, 1.165) is 18.6 Å². The Bertz CT molecular complexity index is 1030. The van der Waals surface area contributed by atoms with Gasteiger partial charge < -0.3 is 10.1 Å². The Hall–Kier alpha value is -2.22. The van der Waals surface area contributed by atoms with Gasteiger partial charge in [-0.3, -0.25) is 14.6 Å². The van der Waals surface area contributed by atoms with Crippen LogP contribution in [0.4, 0.5) is 11.4 Å². The van der Waals surface area contributed by atoms with Crippen molar-refractivity contribution in [1.82, 2.24) is 0 Å². The number of carbonyl (C=O) groups excluding carboxylic acids is 2. The molecule has 1 unspecified atom stereocenters. The van der Waals surface area contributed by atoms with E-state index in [9.17, 15) is 9.59 Å². The molecule has 1 aliphatic heterocycles. The SMILES string of the molecule is CCCCCCOc1ccc(N2C(=O)CC(SC(=NCC)Nc3ccc(Cl)c(Cl)c3)C2=O)cc1. The van der Waals surface area contributed by atoms with Gasteiger partial charge in [0.25, 0.3) is 0 Å². The zero-order valence-corrected chi connectivity index (χ0v) is 21.7. The van der Waals surface area contributed by atoms with Crippen LogP contribution < -0.4 is 15.0 Å². The number of imide groups is 1. The number of aliphatic imine (C=N–C) groups is 1. The van der Waals surface area contributed by atoms with Crippen LogP contribution in [0.25, 0.3) is 0 Å². The molecule has 2 amide bonds. The molecule has 1 heterocycles. The first-order valence-electron chi connectivity index (χ1n) is 11.5. The molecular weight excluding hydrogens is 493 g/mol. The normalized spacial score (nSPS) is 16.3. The summed E-state index contributed by atoms with van der Waals surface area (Å²) >= 11 is 13.3.